The Hall–Kier alpha value is -0.620. The van der Waals surface area contributed by atoms with E-state index in [1.165, 1.54) is 16.8 Å². The molecule has 8 nitrogen and oxygen atoms in total. The monoisotopic (exact) mass is 307 g/mol. The molecule has 1 aromatic heterocycles. The molecule has 0 spiro atoms. The van der Waals surface area contributed by atoms with Crippen LogP contribution in [0.15, 0.2) is 17.1 Å². The second-order valence-corrected chi connectivity index (χ2v) is 4.64. The summed E-state index contributed by atoms with van der Waals surface area (Å²) in [6.45, 7) is 0.203. The molecule has 1 fully saturated rings. The molecule has 0 amide bonds. The SMILES string of the molecule is Nc1ccn([C@@H]2O[C@H](COP)C(OP)[C@H]2O)c(=O)n1. The first-order valence-corrected chi connectivity index (χ1v) is 6.38. The van der Waals surface area contributed by atoms with E-state index in [-0.39, 0.29) is 12.4 Å². The van der Waals surface area contributed by atoms with Crippen molar-refractivity contribution in [2.45, 2.75) is 24.5 Å². The lowest BCUT2D eigenvalue weighted by atomic mass is 10.1. The minimum atomic E-state index is -1.02. The topological polar surface area (TPSA) is 109 Å². The zero-order valence-corrected chi connectivity index (χ0v) is 12.2. The first-order valence-electron chi connectivity index (χ1n) is 5.44. The molecule has 6 atom stereocenters. The van der Waals surface area contributed by atoms with Crippen LogP contribution in [0.1, 0.15) is 6.23 Å². The number of aromatic nitrogens is 2. The van der Waals surface area contributed by atoms with Gasteiger partial charge in [-0.25, -0.2) is 4.79 Å². The molecule has 1 saturated heterocycles. The van der Waals surface area contributed by atoms with Crippen LogP contribution >= 0.6 is 18.9 Å². The van der Waals surface area contributed by atoms with Crippen LogP contribution in [-0.4, -0.2) is 39.6 Å². The van der Waals surface area contributed by atoms with E-state index in [1.54, 1.807) is 0 Å². The first kappa shape index (κ1) is 14.8. The van der Waals surface area contributed by atoms with Crippen molar-refractivity contribution >= 4 is 24.8 Å². The summed E-state index contributed by atoms with van der Waals surface area (Å²) in [5.41, 5.74) is 4.81. The van der Waals surface area contributed by atoms with Crippen molar-refractivity contribution in [3.8, 4) is 0 Å². The smallest absolute Gasteiger partial charge is 0.351 e. The van der Waals surface area contributed by atoms with Crippen LogP contribution in [0.25, 0.3) is 0 Å². The summed E-state index contributed by atoms with van der Waals surface area (Å²) >= 11 is 0. The van der Waals surface area contributed by atoms with E-state index in [9.17, 15) is 9.90 Å². The maximum Gasteiger partial charge on any atom is 0.351 e. The van der Waals surface area contributed by atoms with Gasteiger partial charge in [0.25, 0.3) is 0 Å². The zero-order chi connectivity index (χ0) is 14.0. The second kappa shape index (κ2) is 6.22. The van der Waals surface area contributed by atoms with Gasteiger partial charge in [-0.1, -0.05) is 0 Å². The van der Waals surface area contributed by atoms with Crippen molar-refractivity contribution < 1.29 is 18.9 Å². The number of hydrogen-bond acceptors (Lipinski definition) is 7. The highest BCUT2D eigenvalue weighted by Gasteiger charge is 2.45. The fourth-order valence-corrected chi connectivity index (χ4v) is 2.49. The summed E-state index contributed by atoms with van der Waals surface area (Å²) in [4.78, 5) is 15.3. The Morgan fingerprint density at radius 1 is 1.58 bits per heavy atom. The van der Waals surface area contributed by atoms with Crippen LogP contribution in [0.3, 0.4) is 0 Å². The van der Waals surface area contributed by atoms with E-state index in [0.29, 0.717) is 0 Å². The van der Waals surface area contributed by atoms with E-state index < -0.39 is 30.2 Å². The molecule has 1 aliphatic heterocycles. The average Bonchev–Trinajstić information content (AvgIpc) is 2.66. The molecular weight excluding hydrogens is 292 g/mol. The minimum absolute atomic E-state index is 0.109. The summed E-state index contributed by atoms with van der Waals surface area (Å²) < 4.78 is 16.8. The van der Waals surface area contributed by atoms with Gasteiger partial charge < -0.3 is 24.6 Å². The molecule has 2 heterocycles. The summed E-state index contributed by atoms with van der Waals surface area (Å²) in [6.07, 6.45) is -1.62. The molecule has 3 unspecified atom stereocenters. The van der Waals surface area contributed by atoms with Gasteiger partial charge in [-0.2, -0.15) is 4.98 Å². The molecule has 1 aromatic rings. The molecule has 0 aromatic carbocycles. The molecule has 106 valence electrons. The van der Waals surface area contributed by atoms with E-state index in [2.05, 4.69) is 23.9 Å². The van der Waals surface area contributed by atoms with Gasteiger partial charge in [0.2, 0.25) is 0 Å². The lowest BCUT2D eigenvalue weighted by molar-refractivity contribution is -0.0493. The third kappa shape index (κ3) is 2.94. The quantitative estimate of drug-likeness (QED) is 0.691. The van der Waals surface area contributed by atoms with Gasteiger partial charge >= 0.3 is 5.69 Å². The third-order valence-corrected chi connectivity index (χ3v) is 3.36. The Morgan fingerprint density at radius 3 is 2.89 bits per heavy atom. The molecular formula is C9H15N3O5P2. The Balaban J connectivity index is 2.28. The van der Waals surface area contributed by atoms with Crippen LogP contribution in [0, 0.1) is 0 Å². The summed E-state index contributed by atoms with van der Waals surface area (Å²) in [5.74, 6) is 0.109. The van der Waals surface area contributed by atoms with Crippen LogP contribution in [0.2, 0.25) is 0 Å². The van der Waals surface area contributed by atoms with Crippen molar-refractivity contribution in [1.29, 1.82) is 0 Å². The Kier molecular flexibility index (Phi) is 4.84. The van der Waals surface area contributed by atoms with Crippen molar-refractivity contribution in [3.05, 3.63) is 22.7 Å². The maximum absolute atomic E-state index is 11.7. The average molecular weight is 307 g/mol. The predicted molar refractivity (Wildman–Crippen MR) is 73.1 cm³/mol. The Labute approximate surface area is 113 Å². The number of nitrogens with zero attached hydrogens (tertiary/aromatic N) is 2. The van der Waals surface area contributed by atoms with Crippen molar-refractivity contribution in [1.82, 2.24) is 9.55 Å². The number of ether oxygens (including phenoxy) is 1. The largest absolute Gasteiger partial charge is 0.386 e. The summed E-state index contributed by atoms with van der Waals surface area (Å²) in [7, 11) is 4.16. The highest BCUT2D eigenvalue weighted by atomic mass is 31.0. The molecule has 0 bridgehead atoms. The first-order chi connectivity index (χ1) is 9.08. The highest BCUT2D eigenvalue weighted by Crippen LogP contribution is 2.32. The lowest BCUT2D eigenvalue weighted by Crippen LogP contribution is -2.36. The molecule has 0 radical (unpaired) electrons. The minimum Gasteiger partial charge on any atom is -0.386 e. The van der Waals surface area contributed by atoms with Crippen LogP contribution in [0.5, 0.6) is 0 Å². The Bertz CT molecular complexity index is 499. The van der Waals surface area contributed by atoms with E-state index >= 15 is 0 Å². The van der Waals surface area contributed by atoms with Crippen LogP contribution in [0.4, 0.5) is 5.82 Å². The number of aliphatic hydroxyl groups is 1. The van der Waals surface area contributed by atoms with E-state index in [4.69, 9.17) is 19.5 Å². The fourth-order valence-electron chi connectivity index (χ4n) is 1.97. The molecule has 0 saturated carbocycles. The van der Waals surface area contributed by atoms with Crippen LogP contribution in [-0.2, 0) is 13.8 Å². The van der Waals surface area contributed by atoms with Gasteiger partial charge in [0.1, 0.15) is 24.1 Å². The van der Waals surface area contributed by atoms with Gasteiger partial charge in [-0.05, 0) is 6.07 Å². The number of nitrogen functional groups attached to an aromatic ring is 1. The molecule has 2 rings (SSSR count). The number of nitrogens with two attached hydrogens (primary N) is 1. The third-order valence-electron chi connectivity index (χ3n) is 2.85. The van der Waals surface area contributed by atoms with Crippen molar-refractivity contribution in [2.24, 2.45) is 0 Å². The Morgan fingerprint density at radius 2 is 2.32 bits per heavy atom. The summed E-state index contributed by atoms with van der Waals surface area (Å²) in [6, 6.07) is 1.45. The van der Waals surface area contributed by atoms with Crippen molar-refractivity contribution in [2.75, 3.05) is 12.3 Å². The highest BCUT2D eigenvalue weighted by molar-refractivity contribution is 7.10. The molecule has 0 aliphatic carbocycles. The van der Waals surface area contributed by atoms with Crippen molar-refractivity contribution in [3.63, 3.8) is 0 Å². The standard InChI is InChI=1S/C9H15N3O5P2/c10-5-1-2-12(9(14)11-5)8-6(13)7(17-19)4(16-8)3-15-18/h1-2,4,6-8,13H,3,18-19H2,(H2,10,11,14)/t4-,6-,7?,8-/m1/s1. The number of anilines is 1. The number of rotatable bonds is 4. The molecule has 3 N–H and O–H groups in total. The van der Waals surface area contributed by atoms with Gasteiger partial charge in [-0.3, -0.25) is 4.57 Å². The maximum atomic E-state index is 11.7. The fraction of sp³-hybridized carbons (Fsp3) is 0.556. The van der Waals surface area contributed by atoms with Gasteiger partial charge in [-0.15, -0.1) is 0 Å². The summed E-state index contributed by atoms with van der Waals surface area (Å²) in [5, 5.41) is 10.1. The number of hydrogen-bond donors (Lipinski definition) is 2. The van der Waals surface area contributed by atoms with Crippen LogP contribution < -0.4 is 11.4 Å². The molecule has 1 aliphatic rings. The zero-order valence-electron chi connectivity index (χ0n) is 9.88. The lowest BCUT2D eigenvalue weighted by Gasteiger charge is -2.18. The second-order valence-electron chi connectivity index (χ2n) is 4.03. The van der Waals surface area contributed by atoms with Gasteiger partial charge in [0.05, 0.1) is 6.61 Å². The van der Waals surface area contributed by atoms with E-state index in [0.717, 1.165) is 0 Å². The van der Waals surface area contributed by atoms with E-state index in [1.807, 2.05) is 0 Å². The molecule has 10 heteroatoms. The molecule has 19 heavy (non-hydrogen) atoms. The van der Waals surface area contributed by atoms with Gasteiger partial charge in [0.15, 0.2) is 6.23 Å². The normalized spacial score (nSPS) is 30.7. The van der Waals surface area contributed by atoms with Gasteiger partial charge in [0, 0.05) is 25.1 Å². The number of aliphatic hydroxyl groups excluding tert-OH is 1. The predicted octanol–water partition coefficient (Wildman–Crippen LogP) is -0.934.